The Morgan fingerprint density at radius 3 is 2.67 bits per heavy atom. The molecule has 2 N–H and O–H groups in total. The summed E-state index contributed by atoms with van der Waals surface area (Å²) < 4.78 is 5.72. The first-order valence-corrected chi connectivity index (χ1v) is 9.52. The molecule has 2 rings (SSSR count). The molecule has 0 bridgehead atoms. The molecule has 1 aromatic rings. The van der Waals surface area contributed by atoms with E-state index in [9.17, 15) is 4.79 Å². The van der Waals surface area contributed by atoms with Gasteiger partial charge in [0.15, 0.2) is 5.96 Å². The van der Waals surface area contributed by atoms with E-state index in [1.54, 1.807) is 0 Å². The van der Waals surface area contributed by atoms with Crippen LogP contribution in [0.15, 0.2) is 29.3 Å². The average Bonchev–Trinajstić information content (AvgIpc) is 3.08. The van der Waals surface area contributed by atoms with Crippen molar-refractivity contribution in [1.29, 1.82) is 0 Å². The van der Waals surface area contributed by atoms with Crippen molar-refractivity contribution >= 4 is 35.8 Å². The molecule has 1 aromatic carbocycles. The molecule has 0 spiro atoms. The molecule has 7 heteroatoms. The fourth-order valence-electron chi connectivity index (χ4n) is 2.91. The summed E-state index contributed by atoms with van der Waals surface area (Å²) in [5, 5.41) is 6.70. The number of hydrogen-bond acceptors (Lipinski definition) is 3. The fourth-order valence-corrected chi connectivity index (χ4v) is 2.91. The van der Waals surface area contributed by atoms with Gasteiger partial charge < -0.3 is 20.3 Å². The number of ether oxygens (including phenoxy) is 1. The second-order valence-electron chi connectivity index (χ2n) is 6.99. The molecule has 27 heavy (non-hydrogen) atoms. The molecule has 152 valence electrons. The van der Waals surface area contributed by atoms with Crippen LogP contribution in [0, 0.1) is 12.8 Å². The fraction of sp³-hybridized carbons (Fsp3) is 0.600. The predicted molar refractivity (Wildman–Crippen MR) is 121 cm³/mol. The third-order valence-electron chi connectivity index (χ3n) is 4.33. The first-order valence-electron chi connectivity index (χ1n) is 9.52. The highest BCUT2D eigenvalue weighted by Gasteiger charge is 2.27. The summed E-state index contributed by atoms with van der Waals surface area (Å²) in [6, 6.07) is 8.26. The van der Waals surface area contributed by atoms with Crippen LogP contribution in [0.5, 0.6) is 5.75 Å². The smallest absolute Gasteiger partial charge is 0.225 e. The molecule has 1 amide bonds. The highest BCUT2D eigenvalue weighted by Crippen LogP contribution is 2.13. The third-order valence-corrected chi connectivity index (χ3v) is 4.33. The Morgan fingerprint density at radius 1 is 1.33 bits per heavy atom. The van der Waals surface area contributed by atoms with Gasteiger partial charge in [-0.3, -0.25) is 4.79 Å². The van der Waals surface area contributed by atoms with Crippen molar-refractivity contribution in [3.8, 4) is 5.75 Å². The lowest BCUT2D eigenvalue weighted by atomic mass is 10.2. The van der Waals surface area contributed by atoms with Crippen LogP contribution in [0.4, 0.5) is 0 Å². The minimum Gasteiger partial charge on any atom is -0.492 e. The van der Waals surface area contributed by atoms with Crippen LogP contribution < -0.4 is 15.4 Å². The molecule has 0 radical (unpaired) electrons. The summed E-state index contributed by atoms with van der Waals surface area (Å²) in [5.74, 6) is 1.92. The lowest BCUT2D eigenvalue weighted by molar-refractivity contribution is -0.133. The molecule has 1 aliphatic heterocycles. The number of nitrogens with zero attached hydrogens (tertiary/aromatic N) is 2. The van der Waals surface area contributed by atoms with E-state index in [1.165, 1.54) is 5.56 Å². The summed E-state index contributed by atoms with van der Waals surface area (Å²) in [6.07, 6.45) is 0.947. The van der Waals surface area contributed by atoms with Gasteiger partial charge in [0.05, 0.1) is 6.54 Å². The van der Waals surface area contributed by atoms with Gasteiger partial charge in [-0.2, -0.15) is 0 Å². The van der Waals surface area contributed by atoms with E-state index in [0.717, 1.165) is 37.8 Å². The molecule has 1 atom stereocenters. The maximum atomic E-state index is 12.1. The molecule has 0 aromatic heterocycles. The van der Waals surface area contributed by atoms with Gasteiger partial charge >= 0.3 is 0 Å². The third kappa shape index (κ3) is 7.94. The largest absolute Gasteiger partial charge is 0.492 e. The van der Waals surface area contributed by atoms with E-state index in [1.807, 2.05) is 49.9 Å². The van der Waals surface area contributed by atoms with Crippen molar-refractivity contribution in [2.45, 2.75) is 40.2 Å². The number of rotatable bonds is 7. The van der Waals surface area contributed by atoms with Crippen LogP contribution in [0.25, 0.3) is 0 Å². The van der Waals surface area contributed by atoms with Crippen molar-refractivity contribution in [3.63, 3.8) is 0 Å². The second kappa shape index (κ2) is 12.0. The Balaban J connectivity index is 0.00000364. The van der Waals surface area contributed by atoms with Gasteiger partial charge in [0.1, 0.15) is 12.4 Å². The maximum Gasteiger partial charge on any atom is 0.225 e. The van der Waals surface area contributed by atoms with E-state index in [2.05, 4.69) is 22.5 Å². The average molecular weight is 488 g/mol. The number of carbonyl (C=O) groups excluding carboxylic acids is 1. The van der Waals surface area contributed by atoms with Gasteiger partial charge in [-0.05, 0) is 32.4 Å². The van der Waals surface area contributed by atoms with Crippen molar-refractivity contribution in [3.05, 3.63) is 29.8 Å². The number of benzene rings is 1. The number of amides is 1. The summed E-state index contributed by atoms with van der Waals surface area (Å²) in [7, 11) is 0. The standard InChI is InChI=1S/C20H32N4O2.HI/c1-5-21-20(22-11-13-26-18-8-6-16(4)7-9-18)23-17-10-12-24(14-17)19(25)15(2)3;/h6-9,15,17H,5,10-14H2,1-4H3,(H2,21,22,23);1H. The van der Waals surface area contributed by atoms with Gasteiger partial charge in [0, 0.05) is 31.6 Å². The number of guanidine groups is 1. The summed E-state index contributed by atoms with van der Waals surface area (Å²) in [5.41, 5.74) is 1.22. The Labute approximate surface area is 180 Å². The van der Waals surface area contributed by atoms with E-state index in [-0.39, 0.29) is 41.8 Å². The number of hydrogen-bond donors (Lipinski definition) is 2. The normalized spacial score (nSPS) is 16.9. The number of aryl methyl sites for hydroxylation is 1. The first-order chi connectivity index (χ1) is 12.5. The molecule has 1 aliphatic rings. The van der Waals surface area contributed by atoms with Crippen molar-refractivity contribution < 1.29 is 9.53 Å². The van der Waals surface area contributed by atoms with E-state index in [0.29, 0.717) is 13.2 Å². The predicted octanol–water partition coefficient (Wildman–Crippen LogP) is 2.80. The molecule has 0 saturated carbocycles. The highest BCUT2D eigenvalue weighted by atomic mass is 127. The summed E-state index contributed by atoms with van der Waals surface area (Å²) >= 11 is 0. The van der Waals surface area contributed by atoms with Crippen LogP contribution >= 0.6 is 24.0 Å². The molecular formula is C20H33IN4O2. The van der Waals surface area contributed by atoms with Gasteiger partial charge in [-0.1, -0.05) is 31.5 Å². The van der Waals surface area contributed by atoms with Crippen LogP contribution in [-0.2, 0) is 4.79 Å². The molecule has 1 saturated heterocycles. The quantitative estimate of drug-likeness (QED) is 0.268. The highest BCUT2D eigenvalue weighted by molar-refractivity contribution is 14.0. The summed E-state index contributed by atoms with van der Waals surface area (Å²) in [6.45, 7) is 11.4. The van der Waals surface area contributed by atoms with Crippen molar-refractivity contribution in [1.82, 2.24) is 15.5 Å². The van der Waals surface area contributed by atoms with Crippen molar-refractivity contribution in [2.24, 2.45) is 10.9 Å². The van der Waals surface area contributed by atoms with Gasteiger partial charge in [0.25, 0.3) is 0 Å². The lowest BCUT2D eigenvalue weighted by Gasteiger charge is -2.20. The molecule has 6 nitrogen and oxygen atoms in total. The number of carbonyl (C=O) groups is 1. The van der Waals surface area contributed by atoms with Gasteiger partial charge in [-0.25, -0.2) is 4.99 Å². The number of halogens is 1. The minimum absolute atomic E-state index is 0. The SMILES string of the molecule is CCNC(=NCCOc1ccc(C)cc1)NC1CCN(C(=O)C(C)C)C1.I. The van der Waals surface area contributed by atoms with E-state index in [4.69, 9.17) is 4.74 Å². The molecule has 1 heterocycles. The number of aliphatic imine (C=N–C) groups is 1. The minimum atomic E-state index is 0. The Bertz CT molecular complexity index is 605. The van der Waals surface area contributed by atoms with Crippen LogP contribution in [0.1, 0.15) is 32.8 Å². The van der Waals surface area contributed by atoms with Crippen molar-refractivity contribution in [2.75, 3.05) is 32.8 Å². The zero-order valence-electron chi connectivity index (χ0n) is 16.8. The Hall–Kier alpha value is -1.51. The topological polar surface area (TPSA) is 66.0 Å². The van der Waals surface area contributed by atoms with Crippen LogP contribution in [0.2, 0.25) is 0 Å². The molecule has 0 aliphatic carbocycles. The van der Waals surface area contributed by atoms with Gasteiger partial charge in [0.2, 0.25) is 5.91 Å². The van der Waals surface area contributed by atoms with E-state index >= 15 is 0 Å². The second-order valence-corrected chi connectivity index (χ2v) is 6.99. The Kier molecular flexibility index (Phi) is 10.5. The monoisotopic (exact) mass is 488 g/mol. The lowest BCUT2D eigenvalue weighted by Crippen LogP contribution is -2.45. The zero-order chi connectivity index (χ0) is 18.9. The van der Waals surface area contributed by atoms with Gasteiger partial charge in [-0.15, -0.1) is 24.0 Å². The van der Waals surface area contributed by atoms with E-state index < -0.39 is 0 Å². The van der Waals surface area contributed by atoms with Crippen LogP contribution in [0.3, 0.4) is 0 Å². The summed E-state index contributed by atoms with van der Waals surface area (Å²) in [4.78, 5) is 18.6. The zero-order valence-corrected chi connectivity index (χ0v) is 19.2. The molecule has 1 fully saturated rings. The Morgan fingerprint density at radius 2 is 2.04 bits per heavy atom. The number of likely N-dealkylation sites (tertiary alicyclic amines) is 1. The first kappa shape index (κ1) is 23.5. The van der Waals surface area contributed by atoms with Crippen LogP contribution in [-0.4, -0.2) is 55.6 Å². The number of nitrogens with one attached hydrogen (secondary N) is 2. The molecular weight excluding hydrogens is 455 g/mol. The maximum absolute atomic E-state index is 12.1. The molecule has 1 unspecified atom stereocenters.